The van der Waals surface area contributed by atoms with E-state index in [-0.39, 0.29) is 22.0 Å². The number of carbonyl (C=O) groups excluding carboxylic acids is 3. The van der Waals surface area contributed by atoms with Crippen LogP contribution in [-0.4, -0.2) is 25.9 Å². The standard InChI is InChI=1S/C28H20N2O5S/c1-17-6-13-21(14-7-17)36(34,35)30-19-10-8-18(9-11-19)28(33)29-20-12-15-24-25(16-20)27(32)23-5-3-2-4-22(23)26(24)31/h2-16,30H,1H3,(H,29,33). The van der Waals surface area contributed by atoms with E-state index in [2.05, 4.69) is 10.0 Å². The van der Waals surface area contributed by atoms with Gasteiger partial charge in [-0.3, -0.25) is 19.1 Å². The molecular formula is C28H20N2O5S. The van der Waals surface area contributed by atoms with Gasteiger partial charge in [-0.2, -0.15) is 0 Å². The van der Waals surface area contributed by atoms with Crippen LogP contribution < -0.4 is 10.0 Å². The Labute approximate surface area is 207 Å². The van der Waals surface area contributed by atoms with Crippen LogP contribution in [-0.2, 0) is 10.0 Å². The molecule has 0 unspecified atom stereocenters. The molecule has 0 bridgehead atoms. The molecule has 0 radical (unpaired) electrons. The Balaban J connectivity index is 1.32. The molecule has 7 nitrogen and oxygen atoms in total. The van der Waals surface area contributed by atoms with Crippen molar-refractivity contribution in [2.45, 2.75) is 11.8 Å². The van der Waals surface area contributed by atoms with Gasteiger partial charge < -0.3 is 5.32 Å². The highest BCUT2D eigenvalue weighted by Crippen LogP contribution is 2.29. The van der Waals surface area contributed by atoms with Gasteiger partial charge in [0, 0.05) is 39.2 Å². The minimum absolute atomic E-state index is 0.137. The van der Waals surface area contributed by atoms with E-state index >= 15 is 0 Å². The van der Waals surface area contributed by atoms with Gasteiger partial charge in [0.2, 0.25) is 0 Å². The zero-order valence-corrected chi connectivity index (χ0v) is 19.9. The van der Waals surface area contributed by atoms with Gasteiger partial charge in [-0.05, 0) is 61.5 Å². The third-order valence-electron chi connectivity index (χ3n) is 5.91. The highest BCUT2D eigenvalue weighted by atomic mass is 32.2. The van der Waals surface area contributed by atoms with Crippen molar-refractivity contribution >= 4 is 38.9 Å². The number of rotatable bonds is 5. The highest BCUT2D eigenvalue weighted by Gasteiger charge is 2.29. The Hall–Kier alpha value is -4.56. The maximum Gasteiger partial charge on any atom is 0.261 e. The monoisotopic (exact) mass is 496 g/mol. The van der Waals surface area contributed by atoms with Gasteiger partial charge in [0.1, 0.15) is 0 Å². The van der Waals surface area contributed by atoms with Crippen LogP contribution in [0.4, 0.5) is 11.4 Å². The third-order valence-corrected chi connectivity index (χ3v) is 7.31. The molecule has 0 atom stereocenters. The molecule has 4 aromatic rings. The number of carbonyl (C=O) groups is 3. The maximum atomic E-state index is 12.9. The molecule has 36 heavy (non-hydrogen) atoms. The van der Waals surface area contributed by atoms with Crippen LogP contribution >= 0.6 is 0 Å². The molecule has 0 aliphatic heterocycles. The van der Waals surface area contributed by atoms with Crippen LogP contribution in [0.1, 0.15) is 47.8 Å². The Morgan fingerprint density at radius 2 is 1.22 bits per heavy atom. The number of nitrogens with one attached hydrogen (secondary N) is 2. The van der Waals surface area contributed by atoms with E-state index in [9.17, 15) is 22.8 Å². The summed E-state index contributed by atoms with van der Waals surface area (Å²) in [6.07, 6.45) is 0. The molecule has 0 saturated carbocycles. The molecule has 0 spiro atoms. The molecule has 178 valence electrons. The molecule has 0 heterocycles. The minimum Gasteiger partial charge on any atom is -0.322 e. The molecule has 0 aromatic heterocycles. The van der Waals surface area contributed by atoms with Gasteiger partial charge in [-0.25, -0.2) is 8.42 Å². The lowest BCUT2D eigenvalue weighted by Gasteiger charge is -2.18. The number of anilines is 2. The lowest BCUT2D eigenvalue weighted by atomic mass is 9.84. The average Bonchev–Trinajstić information content (AvgIpc) is 2.87. The number of ketones is 2. The Bertz CT molecular complexity index is 1640. The first-order valence-corrected chi connectivity index (χ1v) is 12.5. The Morgan fingerprint density at radius 3 is 1.86 bits per heavy atom. The second-order valence-electron chi connectivity index (χ2n) is 8.41. The molecule has 1 amide bonds. The zero-order chi connectivity index (χ0) is 25.4. The molecule has 1 aliphatic rings. The Kier molecular flexibility index (Phi) is 5.74. The Morgan fingerprint density at radius 1 is 0.667 bits per heavy atom. The average molecular weight is 497 g/mol. The highest BCUT2D eigenvalue weighted by molar-refractivity contribution is 7.92. The summed E-state index contributed by atoms with van der Waals surface area (Å²) in [5.41, 5.74) is 3.14. The summed E-state index contributed by atoms with van der Waals surface area (Å²) in [5, 5.41) is 2.73. The lowest BCUT2D eigenvalue weighted by Crippen LogP contribution is -2.21. The fourth-order valence-electron chi connectivity index (χ4n) is 4.00. The molecule has 1 aliphatic carbocycles. The minimum atomic E-state index is -3.76. The molecular weight excluding hydrogens is 476 g/mol. The summed E-state index contributed by atoms with van der Waals surface area (Å²) < 4.78 is 27.6. The topological polar surface area (TPSA) is 109 Å². The predicted octanol–water partition coefficient (Wildman–Crippen LogP) is 4.82. The number of benzene rings is 4. The van der Waals surface area contributed by atoms with Gasteiger partial charge >= 0.3 is 0 Å². The van der Waals surface area contributed by atoms with Gasteiger partial charge in [0.15, 0.2) is 11.6 Å². The summed E-state index contributed by atoms with van der Waals surface area (Å²) in [7, 11) is -3.76. The van der Waals surface area contributed by atoms with Crippen LogP contribution in [0.3, 0.4) is 0 Å². The molecule has 5 rings (SSSR count). The van der Waals surface area contributed by atoms with Gasteiger partial charge in [-0.1, -0.05) is 42.0 Å². The second-order valence-corrected chi connectivity index (χ2v) is 10.1. The number of amides is 1. The van der Waals surface area contributed by atoms with Crippen molar-refractivity contribution in [3.8, 4) is 0 Å². The second kappa shape index (κ2) is 8.90. The van der Waals surface area contributed by atoms with E-state index in [4.69, 9.17) is 0 Å². The van der Waals surface area contributed by atoms with Crippen LogP contribution in [0.2, 0.25) is 0 Å². The molecule has 4 aromatic carbocycles. The number of hydrogen-bond acceptors (Lipinski definition) is 5. The van der Waals surface area contributed by atoms with Crippen LogP contribution in [0.5, 0.6) is 0 Å². The summed E-state index contributed by atoms with van der Waals surface area (Å²) in [6, 6.07) is 23.7. The van der Waals surface area contributed by atoms with Crippen molar-refractivity contribution in [1.29, 1.82) is 0 Å². The number of aryl methyl sites for hydroxylation is 1. The van der Waals surface area contributed by atoms with Gasteiger partial charge in [0.25, 0.3) is 15.9 Å². The summed E-state index contributed by atoms with van der Waals surface area (Å²) in [6.45, 7) is 1.87. The van der Waals surface area contributed by atoms with Crippen molar-refractivity contribution in [3.05, 3.63) is 124 Å². The van der Waals surface area contributed by atoms with E-state index in [1.807, 2.05) is 6.92 Å². The first-order chi connectivity index (χ1) is 17.2. The van der Waals surface area contributed by atoms with E-state index in [1.54, 1.807) is 42.5 Å². The normalized spacial score (nSPS) is 12.5. The van der Waals surface area contributed by atoms with Crippen LogP contribution in [0.15, 0.2) is 95.9 Å². The summed E-state index contributed by atoms with van der Waals surface area (Å²) in [4.78, 5) is 38.6. The first-order valence-electron chi connectivity index (χ1n) is 11.1. The molecule has 8 heteroatoms. The number of sulfonamides is 1. The first kappa shape index (κ1) is 23.2. The fraction of sp³-hybridized carbons (Fsp3) is 0.0357. The van der Waals surface area contributed by atoms with E-state index in [0.717, 1.165) is 5.56 Å². The van der Waals surface area contributed by atoms with Crippen molar-refractivity contribution in [3.63, 3.8) is 0 Å². The summed E-state index contributed by atoms with van der Waals surface area (Å²) in [5.74, 6) is -0.957. The third kappa shape index (κ3) is 4.30. The fourth-order valence-corrected chi connectivity index (χ4v) is 5.06. The van der Waals surface area contributed by atoms with Crippen LogP contribution in [0, 0.1) is 6.92 Å². The smallest absolute Gasteiger partial charge is 0.261 e. The molecule has 0 fully saturated rings. The van der Waals surface area contributed by atoms with Crippen molar-refractivity contribution in [2.75, 3.05) is 10.0 Å². The largest absolute Gasteiger partial charge is 0.322 e. The van der Waals surface area contributed by atoms with Crippen molar-refractivity contribution in [2.24, 2.45) is 0 Å². The van der Waals surface area contributed by atoms with Crippen molar-refractivity contribution < 1.29 is 22.8 Å². The van der Waals surface area contributed by atoms with E-state index in [0.29, 0.717) is 33.6 Å². The van der Waals surface area contributed by atoms with E-state index < -0.39 is 15.9 Å². The SMILES string of the molecule is Cc1ccc(S(=O)(=O)Nc2ccc(C(=O)Nc3ccc4c(c3)C(=O)c3ccccc3C4=O)cc2)cc1. The molecule has 2 N–H and O–H groups in total. The van der Waals surface area contributed by atoms with Crippen molar-refractivity contribution in [1.82, 2.24) is 0 Å². The van der Waals surface area contributed by atoms with Crippen LogP contribution in [0.25, 0.3) is 0 Å². The zero-order valence-electron chi connectivity index (χ0n) is 19.1. The summed E-state index contributed by atoms with van der Waals surface area (Å²) >= 11 is 0. The maximum absolute atomic E-state index is 12.9. The number of fused-ring (bicyclic) bond motifs is 2. The quantitative estimate of drug-likeness (QED) is 0.362. The lowest BCUT2D eigenvalue weighted by molar-refractivity contribution is 0.0979. The number of hydrogen-bond donors (Lipinski definition) is 2. The van der Waals surface area contributed by atoms with E-state index in [1.165, 1.54) is 48.5 Å². The predicted molar refractivity (Wildman–Crippen MR) is 136 cm³/mol. The van der Waals surface area contributed by atoms with Gasteiger partial charge in [0.05, 0.1) is 4.90 Å². The van der Waals surface area contributed by atoms with Gasteiger partial charge in [-0.15, -0.1) is 0 Å². The molecule has 0 saturated heterocycles.